The van der Waals surface area contributed by atoms with Gasteiger partial charge in [-0.1, -0.05) is 37.3 Å². The summed E-state index contributed by atoms with van der Waals surface area (Å²) in [6.45, 7) is 4.82. The number of likely N-dealkylation sites (N-methyl/N-ethyl adjacent to an activating group) is 1. The molecule has 4 heteroatoms. The second kappa shape index (κ2) is 5.80. The van der Waals surface area contributed by atoms with Crippen LogP contribution >= 0.6 is 0 Å². The van der Waals surface area contributed by atoms with Crippen LogP contribution in [0.2, 0.25) is 0 Å². The van der Waals surface area contributed by atoms with Gasteiger partial charge in [-0.15, -0.1) is 0 Å². The fourth-order valence-corrected chi connectivity index (χ4v) is 2.06. The summed E-state index contributed by atoms with van der Waals surface area (Å²) in [5.74, 6) is 0. The molecule has 2 atom stereocenters. The number of hydrogen-bond donors (Lipinski definition) is 3. The molecule has 0 radical (unpaired) electrons. The fraction of sp³-hybridized carbons (Fsp3) is 0.357. The Morgan fingerprint density at radius 1 is 1.33 bits per heavy atom. The van der Waals surface area contributed by atoms with Gasteiger partial charge in [0, 0.05) is 11.6 Å². The molecule has 96 valence electrons. The number of nitrogens with zero attached hydrogens (tertiary/aromatic N) is 1. The Labute approximate surface area is 107 Å². The van der Waals surface area contributed by atoms with Gasteiger partial charge in [-0.25, -0.2) is 0 Å². The number of hydrogen-bond acceptors (Lipinski definition) is 3. The molecule has 0 saturated heterocycles. The molecule has 0 aliphatic carbocycles. The van der Waals surface area contributed by atoms with E-state index in [-0.39, 0.29) is 6.04 Å². The van der Waals surface area contributed by atoms with Gasteiger partial charge in [-0.05, 0) is 19.0 Å². The quantitative estimate of drug-likeness (QED) is 0.756. The first-order chi connectivity index (χ1) is 8.74. The van der Waals surface area contributed by atoms with Crippen molar-refractivity contribution in [3.05, 3.63) is 42.1 Å². The van der Waals surface area contributed by atoms with E-state index in [4.69, 9.17) is 0 Å². The van der Waals surface area contributed by atoms with Crippen LogP contribution in [-0.2, 0) is 0 Å². The Kier molecular flexibility index (Phi) is 4.12. The van der Waals surface area contributed by atoms with Crippen molar-refractivity contribution in [3.8, 4) is 11.3 Å². The van der Waals surface area contributed by atoms with Crippen molar-refractivity contribution in [2.75, 3.05) is 6.54 Å². The molecule has 18 heavy (non-hydrogen) atoms. The standard InChI is InChI=1S/C14H19N3O/c1-3-15-10(2)14(18)12-9-16-17-13(12)11-7-5-4-6-8-11/h4-10,14-15,18H,3H2,1-2H3,(H,16,17). The van der Waals surface area contributed by atoms with Crippen molar-refractivity contribution >= 4 is 0 Å². The van der Waals surface area contributed by atoms with Crippen molar-refractivity contribution in [1.82, 2.24) is 15.5 Å². The minimum Gasteiger partial charge on any atom is -0.387 e. The van der Waals surface area contributed by atoms with Gasteiger partial charge in [0.25, 0.3) is 0 Å². The Hall–Kier alpha value is -1.65. The third-order valence-corrected chi connectivity index (χ3v) is 3.05. The largest absolute Gasteiger partial charge is 0.387 e. The maximum Gasteiger partial charge on any atom is 0.0976 e. The maximum atomic E-state index is 10.3. The van der Waals surface area contributed by atoms with Crippen molar-refractivity contribution < 1.29 is 5.11 Å². The number of rotatable bonds is 5. The van der Waals surface area contributed by atoms with Gasteiger partial charge in [0.15, 0.2) is 0 Å². The van der Waals surface area contributed by atoms with Crippen molar-refractivity contribution in [1.29, 1.82) is 0 Å². The number of H-pyrrole nitrogens is 1. The number of aliphatic hydroxyl groups is 1. The third kappa shape index (κ3) is 2.60. The van der Waals surface area contributed by atoms with E-state index in [9.17, 15) is 5.11 Å². The molecule has 0 fully saturated rings. The third-order valence-electron chi connectivity index (χ3n) is 3.05. The normalized spacial score (nSPS) is 14.4. The molecule has 1 aromatic heterocycles. The highest BCUT2D eigenvalue weighted by atomic mass is 16.3. The lowest BCUT2D eigenvalue weighted by Crippen LogP contribution is -2.31. The number of benzene rings is 1. The van der Waals surface area contributed by atoms with Crippen LogP contribution in [0.3, 0.4) is 0 Å². The summed E-state index contributed by atoms with van der Waals surface area (Å²) in [6.07, 6.45) is 1.12. The van der Waals surface area contributed by atoms with Crippen LogP contribution in [0.1, 0.15) is 25.5 Å². The summed E-state index contributed by atoms with van der Waals surface area (Å²) in [4.78, 5) is 0. The predicted octanol–water partition coefficient (Wildman–Crippen LogP) is 2.11. The summed E-state index contributed by atoms with van der Waals surface area (Å²) < 4.78 is 0. The minimum atomic E-state index is -0.570. The molecular weight excluding hydrogens is 226 g/mol. The molecule has 0 bridgehead atoms. The van der Waals surface area contributed by atoms with Gasteiger partial charge in [0.1, 0.15) is 0 Å². The molecule has 3 N–H and O–H groups in total. The average Bonchev–Trinajstić information content (AvgIpc) is 2.88. The minimum absolute atomic E-state index is 0.00457. The van der Waals surface area contributed by atoms with Crippen LogP contribution in [0, 0.1) is 0 Å². The predicted molar refractivity (Wildman–Crippen MR) is 72.1 cm³/mol. The molecule has 4 nitrogen and oxygen atoms in total. The smallest absolute Gasteiger partial charge is 0.0976 e. The molecule has 2 unspecified atom stereocenters. The lowest BCUT2D eigenvalue weighted by atomic mass is 10.0. The van der Waals surface area contributed by atoms with Gasteiger partial charge >= 0.3 is 0 Å². The Balaban J connectivity index is 2.28. The van der Waals surface area contributed by atoms with Crippen LogP contribution in [-0.4, -0.2) is 27.9 Å². The van der Waals surface area contributed by atoms with Gasteiger partial charge in [-0.2, -0.15) is 5.10 Å². The molecule has 0 aliphatic rings. The number of aromatic amines is 1. The van der Waals surface area contributed by atoms with E-state index < -0.39 is 6.10 Å². The van der Waals surface area contributed by atoms with E-state index in [1.165, 1.54) is 0 Å². The van der Waals surface area contributed by atoms with Crippen molar-refractivity contribution in [3.63, 3.8) is 0 Å². The molecule has 1 heterocycles. The Bertz CT molecular complexity index is 481. The Morgan fingerprint density at radius 3 is 2.72 bits per heavy atom. The van der Waals surface area contributed by atoms with E-state index in [2.05, 4.69) is 15.5 Å². The molecule has 0 spiro atoms. The SMILES string of the molecule is CCNC(C)C(O)c1cn[nH]c1-c1ccccc1. The van der Waals surface area contributed by atoms with Crippen LogP contribution < -0.4 is 5.32 Å². The number of aliphatic hydroxyl groups excluding tert-OH is 1. The summed E-state index contributed by atoms with van der Waals surface area (Å²) in [5, 5.41) is 20.6. The number of aromatic nitrogens is 2. The topological polar surface area (TPSA) is 60.9 Å². The van der Waals surface area contributed by atoms with Crippen LogP contribution in [0.15, 0.2) is 36.5 Å². The van der Waals surface area contributed by atoms with E-state index >= 15 is 0 Å². The highest BCUT2D eigenvalue weighted by Gasteiger charge is 2.20. The second-order valence-electron chi connectivity index (χ2n) is 4.36. The lowest BCUT2D eigenvalue weighted by Gasteiger charge is -2.19. The monoisotopic (exact) mass is 245 g/mol. The zero-order chi connectivity index (χ0) is 13.0. The molecular formula is C14H19N3O. The fourth-order valence-electron chi connectivity index (χ4n) is 2.06. The van der Waals surface area contributed by atoms with E-state index in [1.807, 2.05) is 44.2 Å². The van der Waals surface area contributed by atoms with Crippen LogP contribution in [0.4, 0.5) is 0 Å². The summed E-state index contributed by atoms with van der Waals surface area (Å²) in [7, 11) is 0. The number of nitrogens with one attached hydrogen (secondary N) is 2. The maximum absolute atomic E-state index is 10.3. The highest BCUT2D eigenvalue weighted by molar-refractivity contribution is 5.63. The van der Waals surface area contributed by atoms with Crippen molar-refractivity contribution in [2.45, 2.75) is 26.0 Å². The lowest BCUT2D eigenvalue weighted by molar-refractivity contribution is 0.137. The first kappa shape index (κ1) is 12.8. The first-order valence-electron chi connectivity index (χ1n) is 6.24. The molecule has 2 aromatic rings. The highest BCUT2D eigenvalue weighted by Crippen LogP contribution is 2.27. The van der Waals surface area contributed by atoms with Gasteiger partial charge < -0.3 is 10.4 Å². The average molecular weight is 245 g/mol. The first-order valence-corrected chi connectivity index (χ1v) is 6.24. The summed E-state index contributed by atoms with van der Waals surface area (Å²) >= 11 is 0. The molecule has 1 aromatic carbocycles. The van der Waals surface area contributed by atoms with E-state index in [1.54, 1.807) is 6.20 Å². The molecule has 0 aliphatic heterocycles. The second-order valence-corrected chi connectivity index (χ2v) is 4.36. The molecule has 2 rings (SSSR count). The molecule has 0 amide bonds. The van der Waals surface area contributed by atoms with Crippen LogP contribution in [0.25, 0.3) is 11.3 Å². The Morgan fingerprint density at radius 2 is 2.06 bits per heavy atom. The van der Waals surface area contributed by atoms with Crippen molar-refractivity contribution in [2.24, 2.45) is 0 Å². The van der Waals surface area contributed by atoms with Crippen LogP contribution in [0.5, 0.6) is 0 Å². The van der Waals surface area contributed by atoms with Gasteiger partial charge in [-0.3, -0.25) is 5.10 Å². The van der Waals surface area contributed by atoms with E-state index in [0.717, 1.165) is 23.4 Å². The molecule has 0 saturated carbocycles. The van der Waals surface area contributed by atoms with Gasteiger partial charge in [0.05, 0.1) is 18.0 Å². The zero-order valence-corrected chi connectivity index (χ0v) is 10.7. The summed E-state index contributed by atoms with van der Waals surface area (Å²) in [5.41, 5.74) is 2.75. The summed E-state index contributed by atoms with van der Waals surface area (Å²) in [6, 6.07) is 9.91. The zero-order valence-electron chi connectivity index (χ0n) is 10.7. The van der Waals surface area contributed by atoms with E-state index in [0.29, 0.717) is 0 Å². The van der Waals surface area contributed by atoms with Gasteiger partial charge in [0.2, 0.25) is 0 Å².